The summed E-state index contributed by atoms with van der Waals surface area (Å²) in [6, 6.07) is 0. The van der Waals surface area contributed by atoms with Crippen molar-refractivity contribution < 1.29 is 0 Å². The van der Waals surface area contributed by atoms with Gasteiger partial charge in [0.25, 0.3) is 0 Å². The van der Waals surface area contributed by atoms with Gasteiger partial charge < -0.3 is 11.1 Å². The van der Waals surface area contributed by atoms with Crippen LogP contribution in [-0.4, -0.2) is 24.5 Å². The maximum atomic E-state index is 5.97. The van der Waals surface area contributed by atoms with E-state index in [1.54, 1.807) is 0 Å². The van der Waals surface area contributed by atoms with E-state index in [-0.39, 0.29) is 4.87 Å². The predicted octanol–water partition coefficient (Wildman–Crippen LogP) is -0.0840. The molecular formula is C5H11ClN2. The van der Waals surface area contributed by atoms with Gasteiger partial charge in [-0.1, -0.05) is 0 Å². The fourth-order valence-corrected chi connectivity index (χ4v) is 1.08. The highest BCUT2D eigenvalue weighted by molar-refractivity contribution is 6.24. The maximum Gasteiger partial charge on any atom is 0.0704 e. The molecule has 8 heavy (non-hydrogen) atoms. The van der Waals surface area contributed by atoms with E-state index in [1.807, 2.05) is 0 Å². The molecular weight excluding hydrogens is 124 g/mol. The average molecular weight is 135 g/mol. The summed E-state index contributed by atoms with van der Waals surface area (Å²) >= 11 is 5.97. The number of rotatable bonds is 1. The third-order valence-electron chi connectivity index (χ3n) is 1.56. The highest BCUT2D eigenvalue weighted by Gasteiger charge is 2.28. The van der Waals surface area contributed by atoms with E-state index in [1.165, 1.54) is 0 Å². The Morgan fingerprint density at radius 2 is 2.50 bits per heavy atom. The lowest BCUT2D eigenvalue weighted by Gasteiger charge is -2.15. The Balaban J connectivity index is 2.40. The molecule has 0 radical (unpaired) electrons. The van der Waals surface area contributed by atoms with E-state index in [2.05, 4.69) is 5.32 Å². The molecule has 1 atom stereocenters. The molecule has 1 aliphatic heterocycles. The number of hydrogen-bond donors (Lipinski definition) is 2. The molecule has 0 aromatic heterocycles. The second-order valence-electron chi connectivity index (χ2n) is 2.28. The quantitative estimate of drug-likeness (QED) is 0.493. The molecule has 1 rings (SSSR count). The molecule has 1 saturated heterocycles. The molecule has 0 aromatic rings. The molecule has 2 nitrogen and oxygen atoms in total. The number of hydrogen-bond acceptors (Lipinski definition) is 2. The topological polar surface area (TPSA) is 38.0 Å². The molecule has 0 spiro atoms. The van der Waals surface area contributed by atoms with Crippen molar-refractivity contribution in [1.29, 1.82) is 0 Å². The summed E-state index contributed by atoms with van der Waals surface area (Å²) in [6.45, 7) is 2.47. The summed E-state index contributed by atoms with van der Waals surface area (Å²) < 4.78 is 0. The Morgan fingerprint density at radius 1 is 1.75 bits per heavy atom. The Labute approximate surface area is 54.4 Å². The SMILES string of the molecule is NCC1(Cl)CCNC1. The largest absolute Gasteiger partial charge is 0.329 e. The first-order valence-electron chi connectivity index (χ1n) is 2.86. The van der Waals surface area contributed by atoms with E-state index >= 15 is 0 Å². The van der Waals surface area contributed by atoms with Gasteiger partial charge in [0, 0.05) is 13.1 Å². The first kappa shape index (κ1) is 6.33. The van der Waals surface area contributed by atoms with Crippen LogP contribution in [0.15, 0.2) is 0 Å². The number of nitrogens with one attached hydrogen (secondary N) is 1. The van der Waals surface area contributed by atoms with E-state index in [9.17, 15) is 0 Å². The van der Waals surface area contributed by atoms with Gasteiger partial charge in [-0.2, -0.15) is 0 Å². The summed E-state index contributed by atoms with van der Waals surface area (Å²) in [7, 11) is 0. The molecule has 1 fully saturated rings. The van der Waals surface area contributed by atoms with Crippen molar-refractivity contribution in [2.24, 2.45) is 5.73 Å². The Bertz CT molecular complexity index is 78.5. The molecule has 0 bridgehead atoms. The van der Waals surface area contributed by atoms with E-state index < -0.39 is 0 Å². The summed E-state index contributed by atoms with van der Waals surface area (Å²) in [5.41, 5.74) is 5.40. The summed E-state index contributed by atoms with van der Waals surface area (Å²) in [4.78, 5) is -0.125. The van der Waals surface area contributed by atoms with Crippen molar-refractivity contribution >= 4 is 11.6 Å². The zero-order valence-electron chi connectivity index (χ0n) is 4.78. The van der Waals surface area contributed by atoms with Gasteiger partial charge >= 0.3 is 0 Å². The minimum absolute atomic E-state index is 0.125. The molecule has 1 aliphatic rings. The van der Waals surface area contributed by atoms with Crippen LogP contribution >= 0.6 is 11.6 Å². The number of nitrogens with two attached hydrogens (primary N) is 1. The standard InChI is InChI=1S/C5H11ClN2/c6-5(3-7)1-2-8-4-5/h8H,1-4,7H2. The van der Waals surface area contributed by atoms with Crippen molar-refractivity contribution in [2.45, 2.75) is 11.3 Å². The molecule has 3 heteroatoms. The van der Waals surface area contributed by atoms with Crippen molar-refractivity contribution in [3.63, 3.8) is 0 Å². The lowest BCUT2D eigenvalue weighted by atomic mass is 10.1. The Kier molecular flexibility index (Phi) is 1.75. The normalized spacial score (nSPS) is 38.2. The van der Waals surface area contributed by atoms with Gasteiger partial charge in [-0.25, -0.2) is 0 Å². The van der Waals surface area contributed by atoms with Gasteiger partial charge in [-0.05, 0) is 13.0 Å². The number of halogens is 1. The van der Waals surface area contributed by atoms with Crippen LogP contribution in [0, 0.1) is 0 Å². The first-order chi connectivity index (χ1) is 3.77. The zero-order chi connectivity index (χ0) is 6.04. The van der Waals surface area contributed by atoms with E-state index in [0.29, 0.717) is 6.54 Å². The zero-order valence-corrected chi connectivity index (χ0v) is 5.54. The van der Waals surface area contributed by atoms with Crippen LogP contribution in [0.25, 0.3) is 0 Å². The Morgan fingerprint density at radius 3 is 2.75 bits per heavy atom. The summed E-state index contributed by atoms with van der Waals surface area (Å²) in [5, 5.41) is 3.15. The molecule has 0 aromatic carbocycles. The van der Waals surface area contributed by atoms with Crippen LogP contribution in [0.4, 0.5) is 0 Å². The molecule has 1 heterocycles. The fraction of sp³-hybridized carbons (Fsp3) is 1.00. The fourth-order valence-electron chi connectivity index (χ4n) is 0.887. The van der Waals surface area contributed by atoms with Crippen LogP contribution in [0.2, 0.25) is 0 Å². The average Bonchev–Trinajstić information content (AvgIpc) is 2.17. The summed E-state index contributed by atoms with van der Waals surface area (Å²) in [5.74, 6) is 0. The minimum atomic E-state index is -0.125. The third kappa shape index (κ3) is 1.13. The first-order valence-corrected chi connectivity index (χ1v) is 3.24. The highest BCUT2D eigenvalue weighted by Crippen LogP contribution is 2.20. The van der Waals surface area contributed by atoms with Gasteiger partial charge in [-0.3, -0.25) is 0 Å². The lowest BCUT2D eigenvalue weighted by Crippen LogP contribution is -2.33. The van der Waals surface area contributed by atoms with Crippen LogP contribution in [0.1, 0.15) is 6.42 Å². The van der Waals surface area contributed by atoms with Crippen LogP contribution in [0.3, 0.4) is 0 Å². The van der Waals surface area contributed by atoms with Crippen molar-refractivity contribution in [1.82, 2.24) is 5.32 Å². The van der Waals surface area contributed by atoms with E-state index in [4.69, 9.17) is 17.3 Å². The Hall–Kier alpha value is 0.210. The minimum Gasteiger partial charge on any atom is -0.329 e. The molecule has 0 amide bonds. The van der Waals surface area contributed by atoms with Gasteiger partial charge in [-0.15, -0.1) is 11.6 Å². The van der Waals surface area contributed by atoms with Crippen LogP contribution in [-0.2, 0) is 0 Å². The maximum absolute atomic E-state index is 5.97. The van der Waals surface area contributed by atoms with Crippen LogP contribution in [0.5, 0.6) is 0 Å². The lowest BCUT2D eigenvalue weighted by molar-refractivity contribution is 0.640. The third-order valence-corrected chi connectivity index (χ3v) is 2.03. The van der Waals surface area contributed by atoms with Crippen molar-refractivity contribution in [3.8, 4) is 0 Å². The monoisotopic (exact) mass is 134 g/mol. The highest BCUT2D eigenvalue weighted by atomic mass is 35.5. The van der Waals surface area contributed by atoms with Crippen molar-refractivity contribution in [2.75, 3.05) is 19.6 Å². The summed E-state index contributed by atoms with van der Waals surface area (Å²) in [6.07, 6.45) is 1.01. The molecule has 1 unspecified atom stereocenters. The molecule has 0 aliphatic carbocycles. The van der Waals surface area contributed by atoms with Gasteiger partial charge in [0.05, 0.1) is 4.87 Å². The van der Waals surface area contributed by atoms with Gasteiger partial charge in [0.1, 0.15) is 0 Å². The molecule has 48 valence electrons. The second-order valence-corrected chi connectivity index (χ2v) is 3.08. The smallest absolute Gasteiger partial charge is 0.0704 e. The molecule has 0 saturated carbocycles. The molecule has 3 N–H and O–H groups in total. The van der Waals surface area contributed by atoms with Gasteiger partial charge in [0.2, 0.25) is 0 Å². The predicted molar refractivity (Wildman–Crippen MR) is 35.1 cm³/mol. The van der Waals surface area contributed by atoms with Crippen molar-refractivity contribution in [3.05, 3.63) is 0 Å². The number of alkyl halides is 1. The van der Waals surface area contributed by atoms with Crippen LogP contribution < -0.4 is 11.1 Å². The second kappa shape index (κ2) is 2.21. The van der Waals surface area contributed by atoms with E-state index in [0.717, 1.165) is 19.5 Å². The van der Waals surface area contributed by atoms with Gasteiger partial charge in [0.15, 0.2) is 0 Å².